The van der Waals surface area contributed by atoms with Crippen LogP contribution >= 0.6 is 34.4 Å². The zero-order valence-corrected chi connectivity index (χ0v) is 14.4. The van der Waals surface area contributed by atoms with Crippen LogP contribution < -0.4 is 4.72 Å². The SMILES string of the molecule is CSc1nccc(-c2ccc(S(=O)(=O)Nc3nc[c]s3)s2)n1. The molecule has 0 amide bonds. The number of hydrogen-bond acceptors (Lipinski definition) is 8. The van der Waals surface area contributed by atoms with Gasteiger partial charge >= 0.3 is 0 Å². The van der Waals surface area contributed by atoms with Crippen LogP contribution in [0.3, 0.4) is 0 Å². The highest BCUT2D eigenvalue weighted by molar-refractivity contribution is 7.98. The highest BCUT2D eigenvalue weighted by Crippen LogP contribution is 2.31. The maximum atomic E-state index is 12.3. The van der Waals surface area contributed by atoms with Gasteiger partial charge in [0.2, 0.25) is 0 Å². The molecule has 6 nitrogen and oxygen atoms in total. The third kappa shape index (κ3) is 3.29. The molecule has 1 N–H and O–H groups in total. The van der Waals surface area contributed by atoms with Gasteiger partial charge in [0.05, 0.1) is 16.0 Å². The molecule has 0 aliphatic carbocycles. The van der Waals surface area contributed by atoms with E-state index < -0.39 is 10.0 Å². The molecular formula is C12H9N4O2S4. The summed E-state index contributed by atoms with van der Waals surface area (Å²) < 4.78 is 27.2. The third-order valence-corrected chi connectivity index (χ3v) is 6.78. The summed E-state index contributed by atoms with van der Waals surface area (Å²) in [5.41, 5.74) is 0.702. The maximum absolute atomic E-state index is 12.3. The predicted octanol–water partition coefficient (Wildman–Crippen LogP) is 2.98. The van der Waals surface area contributed by atoms with Crippen LogP contribution in [0.4, 0.5) is 5.13 Å². The van der Waals surface area contributed by atoms with E-state index in [0.717, 1.165) is 27.6 Å². The predicted molar refractivity (Wildman–Crippen MR) is 88.9 cm³/mol. The van der Waals surface area contributed by atoms with Gasteiger partial charge in [0.15, 0.2) is 10.3 Å². The van der Waals surface area contributed by atoms with Crippen LogP contribution in [0.15, 0.2) is 40.0 Å². The average Bonchev–Trinajstić information content (AvgIpc) is 3.18. The van der Waals surface area contributed by atoms with E-state index in [1.165, 1.54) is 18.0 Å². The van der Waals surface area contributed by atoms with Crippen molar-refractivity contribution in [2.24, 2.45) is 0 Å². The first-order valence-electron chi connectivity index (χ1n) is 5.90. The molecule has 10 heteroatoms. The molecule has 0 atom stereocenters. The average molecular weight is 369 g/mol. The molecule has 3 heterocycles. The van der Waals surface area contributed by atoms with Gasteiger partial charge in [0.1, 0.15) is 4.21 Å². The molecule has 0 unspecified atom stereocenters. The van der Waals surface area contributed by atoms with Crippen molar-refractivity contribution < 1.29 is 8.42 Å². The number of thiazole rings is 1. The topological polar surface area (TPSA) is 84.8 Å². The van der Waals surface area contributed by atoms with E-state index in [1.54, 1.807) is 24.4 Å². The molecule has 0 bridgehead atoms. The number of nitrogens with one attached hydrogen (secondary N) is 1. The summed E-state index contributed by atoms with van der Waals surface area (Å²) in [6.07, 6.45) is 4.97. The van der Waals surface area contributed by atoms with Gasteiger partial charge in [-0.2, -0.15) is 0 Å². The van der Waals surface area contributed by atoms with Gasteiger partial charge in [-0.3, -0.25) is 4.72 Å². The minimum atomic E-state index is -3.64. The van der Waals surface area contributed by atoms with E-state index in [9.17, 15) is 8.42 Å². The highest BCUT2D eigenvalue weighted by Gasteiger charge is 2.19. The van der Waals surface area contributed by atoms with Crippen molar-refractivity contribution in [2.75, 3.05) is 11.0 Å². The van der Waals surface area contributed by atoms with Crippen molar-refractivity contribution in [3.05, 3.63) is 36.0 Å². The number of anilines is 1. The number of thiophene rings is 1. The summed E-state index contributed by atoms with van der Waals surface area (Å²) in [5, 5.41) is 3.67. The van der Waals surface area contributed by atoms with Crippen LogP contribution in [0.25, 0.3) is 10.6 Å². The number of nitrogens with zero attached hydrogens (tertiary/aromatic N) is 3. The smallest absolute Gasteiger partial charge is 0.254 e. The lowest BCUT2D eigenvalue weighted by atomic mass is 10.3. The van der Waals surface area contributed by atoms with Gasteiger partial charge in [-0.25, -0.2) is 23.4 Å². The molecule has 0 aliphatic rings. The van der Waals surface area contributed by atoms with E-state index in [1.807, 2.05) is 6.26 Å². The van der Waals surface area contributed by atoms with Crippen LogP contribution in [0.2, 0.25) is 0 Å². The second-order valence-corrected chi connectivity index (χ2v) is 8.53. The summed E-state index contributed by atoms with van der Waals surface area (Å²) in [6.45, 7) is 0. The zero-order chi connectivity index (χ0) is 15.6. The van der Waals surface area contributed by atoms with Crippen molar-refractivity contribution in [3.8, 4) is 10.6 Å². The number of sulfonamides is 1. The zero-order valence-electron chi connectivity index (χ0n) is 11.2. The van der Waals surface area contributed by atoms with Gasteiger partial charge < -0.3 is 0 Å². The molecular weight excluding hydrogens is 360 g/mol. The van der Waals surface area contributed by atoms with Crippen molar-refractivity contribution in [2.45, 2.75) is 9.37 Å². The molecule has 113 valence electrons. The first-order valence-corrected chi connectivity index (χ1v) is 10.2. The van der Waals surface area contributed by atoms with Crippen molar-refractivity contribution in [3.63, 3.8) is 0 Å². The number of thioether (sulfide) groups is 1. The summed E-state index contributed by atoms with van der Waals surface area (Å²) >= 11 is 3.69. The van der Waals surface area contributed by atoms with Gasteiger partial charge in [-0.1, -0.05) is 23.1 Å². The normalized spacial score (nSPS) is 11.5. The van der Waals surface area contributed by atoms with E-state index in [4.69, 9.17) is 0 Å². The summed E-state index contributed by atoms with van der Waals surface area (Å²) in [6, 6.07) is 5.05. The van der Waals surface area contributed by atoms with Crippen LogP contribution in [-0.4, -0.2) is 29.6 Å². The van der Waals surface area contributed by atoms with Crippen LogP contribution in [-0.2, 0) is 10.0 Å². The number of aromatic nitrogens is 3. The molecule has 0 saturated carbocycles. The summed E-state index contributed by atoms with van der Waals surface area (Å²) in [5.74, 6) is 0. The molecule has 1 radical (unpaired) electrons. The molecule has 3 aromatic heterocycles. The third-order valence-electron chi connectivity index (χ3n) is 2.53. The second-order valence-electron chi connectivity index (χ2n) is 3.94. The molecule has 0 fully saturated rings. The first-order chi connectivity index (χ1) is 10.6. The van der Waals surface area contributed by atoms with Crippen LogP contribution in [0, 0.1) is 5.38 Å². The van der Waals surface area contributed by atoms with Gasteiger partial charge in [0, 0.05) is 12.4 Å². The van der Waals surface area contributed by atoms with Crippen molar-refractivity contribution >= 4 is 49.6 Å². The Balaban J connectivity index is 1.89. The fourth-order valence-corrected chi connectivity index (χ4v) is 4.93. The quantitative estimate of drug-likeness (QED) is 0.550. The van der Waals surface area contributed by atoms with Gasteiger partial charge in [-0.05, 0) is 24.5 Å². The Morgan fingerprint density at radius 2 is 2.14 bits per heavy atom. The Morgan fingerprint density at radius 1 is 1.27 bits per heavy atom. The van der Waals surface area contributed by atoms with Crippen LogP contribution in [0.1, 0.15) is 0 Å². The van der Waals surface area contributed by atoms with E-state index >= 15 is 0 Å². The molecule has 22 heavy (non-hydrogen) atoms. The van der Waals surface area contributed by atoms with Crippen molar-refractivity contribution in [1.82, 2.24) is 15.0 Å². The lowest BCUT2D eigenvalue weighted by Gasteiger charge is -2.01. The minimum Gasteiger partial charge on any atom is -0.254 e. The van der Waals surface area contributed by atoms with Crippen molar-refractivity contribution in [1.29, 1.82) is 0 Å². The Morgan fingerprint density at radius 3 is 2.86 bits per heavy atom. The van der Waals surface area contributed by atoms with E-state index in [-0.39, 0.29) is 4.21 Å². The maximum Gasteiger partial charge on any atom is 0.273 e. The number of rotatable bonds is 5. The van der Waals surface area contributed by atoms with Crippen LogP contribution in [0.5, 0.6) is 0 Å². The fourth-order valence-electron chi connectivity index (χ4n) is 1.58. The molecule has 3 rings (SSSR count). The fraction of sp³-hybridized carbons (Fsp3) is 0.0833. The van der Waals surface area contributed by atoms with Gasteiger partial charge in [-0.15, -0.1) is 11.3 Å². The lowest BCUT2D eigenvalue weighted by Crippen LogP contribution is -2.10. The summed E-state index contributed by atoms with van der Waals surface area (Å²) in [4.78, 5) is 13.1. The molecule has 3 aromatic rings. The summed E-state index contributed by atoms with van der Waals surface area (Å²) in [7, 11) is -3.64. The first kappa shape index (κ1) is 15.4. The molecule has 0 aliphatic heterocycles. The molecule has 0 saturated heterocycles. The van der Waals surface area contributed by atoms with E-state index in [2.05, 4.69) is 25.1 Å². The number of hydrogen-bond donors (Lipinski definition) is 1. The Bertz CT molecular complexity index is 874. The lowest BCUT2D eigenvalue weighted by molar-refractivity contribution is 0.603. The second kappa shape index (κ2) is 6.32. The standard InChI is InChI=1S/C12H9N4O2S4/c1-19-11-13-5-4-8(15-11)9-2-3-10(21-9)22(17,18)16-12-14-6-7-20-12/h2-6H,1H3,(H,14,16). The molecule has 0 spiro atoms. The monoisotopic (exact) mass is 369 g/mol. The minimum absolute atomic E-state index is 0.210. The Labute approximate surface area is 139 Å². The molecule has 0 aromatic carbocycles. The highest BCUT2D eigenvalue weighted by atomic mass is 32.2. The van der Waals surface area contributed by atoms with E-state index in [0.29, 0.717) is 16.0 Å². The Hall–Kier alpha value is -1.49. The largest absolute Gasteiger partial charge is 0.273 e. The Kier molecular flexibility index (Phi) is 4.43. The van der Waals surface area contributed by atoms with Gasteiger partial charge in [0.25, 0.3) is 10.0 Å².